The number of nitrogens with one attached hydrogen (secondary N) is 2. The molecule has 0 spiro atoms. The van der Waals surface area contributed by atoms with Gasteiger partial charge in [-0.3, -0.25) is 19.7 Å². The highest BCUT2D eigenvalue weighted by Gasteiger charge is 2.27. The van der Waals surface area contributed by atoms with Gasteiger partial charge in [-0.1, -0.05) is 19.3 Å². The summed E-state index contributed by atoms with van der Waals surface area (Å²) in [6.07, 6.45) is 5.02. The maximum Gasteiger partial charge on any atom is 0.269 e. The zero-order valence-corrected chi connectivity index (χ0v) is 18.1. The number of carbonyl (C=O) groups excluding carboxylic acids is 2. The fourth-order valence-corrected chi connectivity index (χ4v) is 3.81. The van der Waals surface area contributed by atoms with Gasteiger partial charge in [0.2, 0.25) is 5.91 Å². The van der Waals surface area contributed by atoms with Crippen molar-refractivity contribution in [1.82, 2.24) is 10.6 Å². The van der Waals surface area contributed by atoms with Crippen molar-refractivity contribution in [3.05, 3.63) is 63.7 Å². The molecular formula is C23H27N3O6. The van der Waals surface area contributed by atoms with Crippen molar-refractivity contribution in [3.63, 3.8) is 0 Å². The summed E-state index contributed by atoms with van der Waals surface area (Å²) in [7, 11) is 2.97. The molecule has 1 aliphatic carbocycles. The van der Waals surface area contributed by atoms with Crippen LogP contribution in [0.25, 0.3) is 0 Å². The molecule has 0 saturated heterocycles. The molecule has 1 aliphatic rings. The highest BCUT2D eigenvalue weighted by molar-refractivity contribution is 5.98. The highest BCUT2D eigenvalue weighted by atomic mass is 16.6. The first-order chi connectivity index (χ1) is 15.4. The lowest BCUT2D eigenvalue weighted by Crippen LogP contribution is -2.45. The summed E-state index contributed by atoms with van der Waals surface area (Å²) in [6.45, 7) is 0. The zero-order chi connectivity index (χ0) is 23.1. The third kappa shape index (κ3) is 5.54. The van der Waals surface area contributed by atoms with Crippen LogP contribution in [0, 0.1) is 10.1 Å². The van der Waals surface area contributed by atoms with Crippen LogP contribution in [-0.2, 0) is 4.79 Å². The van der Waals surface area contributed by atoms with Gasteiger partial charge in [-0.25, -0.2) is 0 Å². The van der Waals surface area contributed by atoms with Gasteiger partial charge in [-0.15, -0.1) is 0 Å². The minimum absolute atomic E-state index is 0.0507. The average Bonchev–Trinajstić information content (AvgIpc) is 2.82. The fourth-order valence-electron chi connectivity index (χ4n) is 3.81. The van der Waals surface area contributed by atoms with E-state index in [0.717, 1.165) is 32.1 Å². The summed E-state index contributed by atoms with van der Waals surface area (Å²) in [4.78, 5) is 36.6. The number of hydrogen-bond donors (Lipinski definition) is 2. The molecule has 32 heavy (non-hydrogen) atoms. The van der Waals surface area contributed by atoms with E-state index in [4.69, 9.17) is 9.47 Å². The molecule has 0 radical (unpaired) electrons. The van der Waals surface area contributed by atoms with Gasteiger partial charge < -0.3 is 20.1 Å². The zero-order valence-electron chi connectivity index (χ0n) is 18.1. The fraction of sp³-hybridized carbons (Fsp3) is 0.391. The van der Waals surface area contributed by atoms with E-state index in [2.05, 4.69) is 10.6 Å². The topological polar surface area (TPSA) is 120 Å². The summed E-state index contributed by atoms with van der Waals surface area (Å²) in [5.41, 5.74) is 0.657. The van der Waals surface area contributed by atoms with Crippen LogP contribution >= 0.6 is 0 Å². The molecule has 3 rings (SSSR count). The molecule has 1 unspecified atom stereocenters. The Morgan fingerprint density at radius 3 is 2.25 bits per heavy atom. The number of carbonyl (C=O) groups is 2. The molecule has 1 atom stereocenters. The monoisotopic (exact) mass is 441 g/mol. The number of hydrogen-bond acceptors (Lipinski definition) is 6. The number of non-ortho nitro benzene ring substituents is 1. The van der Waals surface area contributed by atoms with Crippen LogP contribution in [0.4, 0.5) is 5.69 Å². The van der Waals surface area contributed by atoms with E-state index >= 15 is 0 Å². The number of methoxy groups -OCH3 is 2. The number of nitro benzene ring substituents is 1. The third-order valence-corrected chi connectivity index (χ3v) is 5.57. The molecule has 2 aromatic rings. The molecule has 0 heterocycles. The molecule has 2 amide bonds. The Bertz CT molecular complexity index is 970. The lowest BCUT2D eigenvalue weighted by Gasteiger charge is -2.26. The van der Waals surface area contributed by atoms with Gasteiger partial charge >= 0.3 is 0 Å². The predicted octanol–water partition coefficient (Wildman–Crippen LogP) is 3.53. The molecule has 0 aliphatic heterocycles. The number of rotatable bonds is 8. The van der Waals surface area contributed by atoms with E-state index in [-0.39, 0.29) is 17.6 Å². The largest absolute Gasteiger partial charge is 0.493 e. The Labute approximate surface area is 186 Å². The highest BCUT2D eigenvalue weighted by Crippen LogP contribution is 2.28. The average molecular weight is 441 g/mol. The minimum atomic E-state index is -1.00. The van der Waals surface area contributed by atoms with Gasteiger partial charge in [0.1, 0.15) is 6.04 Å². The second kappa shape index (κ2) is 10.6. The summed E-state index contributed by atoms with van der Waals surface area (Å²) in [5, 5.41) is 16.8. The van der Waals surface area contributed by atoms with Crippen LogP contribution < -0.4 is 20.1 Å². The van der Waals surface area contributed by atoms with Crippen molar-refractivity contribution >= 4 is 17.5 Å². The van der Waals surface area contributed by atoms with Gasteiger partial charge in [0.25, 0.3) is 11.6 Å². The molecule has 0 bridgehead atoms. The lowest BCUT2D eigenvalue weighted by molar-refractivity contribution is -0.384. The maximum atomic E-state index is 13.1. The van der Waals surface area contributed by atoms with E-state index < -0.39 is 16.9 Å². The van der Waals surface area contributed by atoms with Gasteiger partial charge in [-0.2, -0.15) is 0 Å². The van der Waals surface area contributed by atoms with Crippen molar-refractivity contribution in [2.45, 2.75) is 44.2 Å². The summed E-state index contributed by atoms with van der Waals surface area (Å²) >= 11 is 0. The molecule has 0 aromatic heterocycles. The van der Waals surface area contributed by atoms with Gasteiger partial charge in [0.05, 0.1) is 19.1 Å². The van der Waals surface area contributed by atoms with Crippen molar-refractivity contribution in [2.24, 2.45) is 0 Å². The first kappa shape index (κ1) is 23.1. The molecule has 2 N–H and O–H groups in total. The summed E-state index contributed by atoms with van der Waals surface area (Å²) < 4.78 is 10.5. The molecule has 2 aromatic carbocycles. The standard InChI is InChI=1S/C23H27N3O6/c1-31-19-13-10-16(14-20(19)32-2)22(27)25-21(15-8-11-18(12-9-15)26(29)30)23(28)24-17-6-4-3-5-7-17/h8-14,17,21H,3-7H2,1-2H3,(H,24,28)(H,25,27). The molecule has 1 fully saturated rings. The van der Waals surface area contributed by atoms with Gasteiger partial charge in [-0.05, 0) is 48.7 Å². The third-order valence-electron chi connectivity index (χ3n) is 5.57. The Hall–Kier alpha value is -3.62. The van der Waals surface area contributed by atoms with Crippen molar-refractivity contribution in [1.29, 1.82) is 0 Å². The normalized spacial score (nSPS) is 14.8. The van der Waals surface area contributed by atoms with Crippen LogP contribution in [0.3, 0.4) is 0 Å². The number of amides is 2. The lowest BCUT2D eigenvalue weighted by atomic mass is 9.95. The van der Waals surface area contributed by atoms with Crippen molar-refractivity contribution < 1.29 is 24.0 Å². The summed E-state index contributed by atoms with van der Waals surface area (Å²) in [6, 6.07) is 9.36. The van der Waals surface area contributed by atoms with E-state index in [9.17, 15) is 19.7 Å². The number of ether oxygens (including phenoxy) is 2. The first-order valence-electron chi connectivity index (χ1n) is 10.5. The quantitative estimate of drug-likeness (QED) is 0.478. The van der Waals surface area contributed by atoms with Crippen LogP contribution in [-0.4, -0.2) is 37.0 Å². The van der Waals surface area contributed by atoms with Crippen LogP contribution in [0.15, 0.2) is 42.5 Å². The second-order valence-electron chi connectivity index (χ2n) is 7.67. The van der Waals surface area contributed by atoms with Crippen LogP contribution in [0.5, 0.6) is 11.5 Å². The van der Waals surface area contributed by atoms with E-state index in [0.29, 0.717) is 22.6 Å². The molecular weight excluding hydrogens is 414 g/mol. The van der Waals surface area contributed by atoms with Gasteiger partial charge in [0.15, 0.2) is 11.5 Å². The Morgan fingerprint density at radius 1 is 1.00 bits per heavy atom. The first-order valence-corrected chi connectivity index (χ1v) is 10.5. The second-order valence-corrected chi connectivity index (χ2v) is 7.67. The van der Waals surface area contributed by atoms with E-state index in [1.807, 2.05) is 0 Å². The number of nitro groups is 1. The van der Waals surface area contributed by atoms with Gasteiger partial charge in [0, 0.05) is 23.7 Å². The van der Waals surface area contributed by atoms with Crippen molar-refractivity contribution in [3.8, 4) is 11.5 Å². The molecule has 9 nitrogen and oxygen atoms in total. The Balaban J connectivity index is 1.84. The van der Waals surface area contributed by atoms with Crippen LogP contribution in [0.1, 0.15) is 54.1 Å². The van der Waals surface area contributed by atoms with E-state index in [1.54, 1.807) is 12.1 Å². The predicted molar refractivity (Wildman–Crippen MR) is 118 cm³/mol. The smallest absolute Gasteiger partial charge is 0.269 e. The maximum absolute atomic E-state index is 13.1. The summed E-state index contributed by atoms with van der Waals surface area (Å²) in [5.74, 6) is 0.0392. The molecule has 170 valence electrons. The minimum Gasteiger partial charge on any atom is -0.493 e. The Morgan fingerprint density at radius 2 is 1.66 bits per heavy atom. The number of nitrogens with zero attached hydrogens (tertiary/aromatic N) is 1. The van der Waals surface area contributed by atoms with Crippen LogP contribution in [0.2, 0.25) is 0 Å². The van der Waals surface area contributed by atoms with Crippen molar-refractivity contribution in [2.75, 3.05) is 14.2 Å². The molecule has 9 heteroatoms. The SMILES string of the molecule is COc1ccc(C(=O)NC(C(=O)NC2CCCCC2)c2ccc([N+](=O)[O-])cc2)cc1OC. The van der Waals surface area contributed by atoms with E-state index in [1.165, 1.54) is 44.6 Å². The number of benzene rings is 2. The molecule has 1 saturated carbocycles. The Kier molecular flexibility index (Phi) is 7.64.